The van der Waals surface area contributed by atoms with Crippen LogP contribution in [0.3, 0.4) is 0 Å². The van der Waals surface area contributed by atoms with Crippen molar-refractivity contribution >= 4 is 11.8 Å². The fourth-order valence-electron chi connectivity index (χ4n) is 3.55. The van der Waals surface area contributed by atoms with Gasteiger partial charge in [-0.1, -0.05) is 17.7 Å². The number of hydrogen-bond acceptors (Lipinski definition) is 3. The molecule has 2 aliphatic rings. The number of hydrogen-bond donors (Lipinski definition) is 0. The van der Waals surface area contributed by atoms with Gasteiger partial charge in [-0.3, -0.25) is 9.59 Å². The van der Waals surface area contributed by atoms with Crippen molar-refractivity contribution in [3.8, 4) is 0 Å². The van der Waals surface area contributed by atoms with Gasteiger partial charge in [0, 0.05) is 25.2 Å². The van der Waals surface area contributed by atoms with Crippen LogP contribution in [0.2, 0.25) is 0 Å². The highest BCUT2D eigenvalue weighted by Crippen LogP contribution is 2.23. The summed E-state index contributed by atoms with van der Waals surface area (Å²) < 4.78 is 5.34. The summed E-state index contributed by atoms with van der Waals surface area (Å²) in [5.41, 5.74) is 2.75. The van der Waals surface area contributed by atoms with Gasteiger partial charge in [0.15, 0.2) is 0 Å². The molecule has 0 bridgehead atoms. The summed E-state index contributed by atoms with van der Waals surface area (Å²) in [5.74, 6) is 0.0687. The highest BCUT2D eigenvalue weighted by atomic mass is 16.5. The number of likely N-dealkylation sites (tertiary alicyclic amines) is 1. The van der Waals surface area contributed by atoms with E-state index in [1.54, 1.807) is 4.90 Å². The summed E-state index contributed by atoms with van der Waals surface area (Å²) in [6.07, 6.45) is 2.72. The third kappa shape index (κ3) is 3.46. The number of nitrogens with zero attached hydrogens (tertiary/aromatic N) is 2. The second-order valence-corrected chi connectivity index (χ2v) is 6.77. The standard InChI is InChI=1S/C19H26N2O3/c1-14-6-7-15(2)16(13-14)18(22)21-8-4-3-5-17(21)19(23)20-9-11-24-12-10-20/h6-7,13,17H,3-5,8-12H2,1-2H3. The number of benzene rings is 1. The van der Waals surface area contributed by atoms with Gasteiger partial charge in [0.05, 0.1) is 13.2 Å². The lowest BCUT2D eigenvalue weighted by Gasteiger charge is -2.39. The van der Waals surface area contributed by atoms with Crippen LogP contribution in [0.25, 0.3) is 0 Å². The highest BCUT2D eigenvalue weighted by Gasteiger charge is 2.35. The van der Waals surface area contributed by atoms with Gasteiger partial charge in [-0.15, -0.1) is 0 Å². The summed E-state index contributed by atoms with van der Waals surface area (Å²) in [6, 6.07) is 5.59. The first-order valence-corrected chi connectivity index (χ1v) is 8.82. The smallest absolute Gasteiger partial charge is 0.254 e. The Morgan fingerprint density at radius 1 is 1.08 bits per heavy atom. The molecular formula is C19H26N2O3. The first-order chi connectivity index (χ1) is 11.6. The molecule has 1 unspecified atom stereocenters. The topological polar surface area (TPSA) is 49.9 Å². The zero-order valence-corrected chi connectivity index (χ0v) is 14.6. The molecule has 2 amide bonds. The van der Waals surface area contributed by atoms with Crippen LogP contribution in [0.15, 0.2) is 18.2 Å². The number of aryl methyl sites for hydroxylation is 2. The maximum Gasteiger partial charge on any atom is 0.254 e. The minimum absolute atomic E-state index is 0.0116. The Labute approximate surface area is 143 Å². The maximum absolute atomic E-state index is 13.1. The van der Waals surface area contributed by atoms with E-state index in [1.807, 2.05) is 36.9 Å². The van der Waals surface area contributed by atoms with Crippen molar-refractivity contribution in [3.05, 3.63) is 34.9 Å². The minimum Gasteiger partial charge on any atom is -0.378 e. The Hall–Kier alpha value is -1.88. The molecule has 0 radical (unpaired) electrons. The summed E-state index contributed by atoms with van der Waals surface area (Å²) >= 11 is 0. The first-order valence-electron chi connectivity index (χ1n) is 8.82. The van der Waals surface area contributed by atoms with Crippen LogP contribution in [0, 0.1) is 13.8 Å². The molecule has 1 atom stereocenters. The molecule has 2 heterocycles. The second-order valence-electron chi connectivity index (χ2n) is 6.77. The first kappa shape index (κ1) is 17.0. The van der Waals surface area contributed by atoms with Gasteiger partial charge in [0.25, 0.3) is 5.91 Å². The third-order valence-electron chi connectivity index (χ3n) is 4.99. The van der Waals surface area contributed by atoms with E-state index in [0.717, 1.165) is 36.0 Å². The molecule has 130 valence electrons. The van der Waals surface area contributed by atoms with Crippen LogP contribution in [0.5, 0.6) is 0 Å². The predicted octanol–water partition coefficient (Wildman–Crippen LogP) is 2.16. The van der Waals surface area contributed by atoms with Crippen molar-refractivity contribution in [1.82, 2.24) is 9.80 Å². The van der Waals surface area contributed by atoms with Gasteiger partial charge in [0.1, 0.15) is 6.04 Å². The van der Waals surface area contributed by atoms with E-state index in [9.17, 15) is 9.59 Å². The fraction of sp³-hybridized carbons (Fsp3) is 0.579. The van der Waals surface area contributed by atoms with Crippen molar-refractivity contribution in [2.24, 2.45) is 0 Å². The molecule has 0 N–H and O–H groups in total. The molecule has 0 aromatic heterocycles. The van der Waals surface area contributed by atoms with Gasteiger partial charge in [0.2, 0.25) is 5.91 Å². The average Bonchev–Trinajstić information content (AvgIpc) is 2.63. The largest absolute Gasteiger partial charge is 0.378 e. The van der Waals surface area contributed by atoms with Crippen LogP contribution in [-0.4, -0.2) is 60.5 Å². The molecule has 2 saturated heterocycles. The van der Waals surface area contributed by atoms with Crippen LogP contribution < -0.4 is 0 Å². The van der Waals surface area contributed by atoms with Crippen molar-refractivity contribution < 1.29 is 14.3 Å². The Morgan fingerprint density at radius 2 is 1.83 bits per heavy atom. The molecular weight excluding hydrogens is 304 g/mol. The molecule has 2 fully saturated rings. The lowest BCUT2D eigenvalue weighted by atomic mass is 9.97. The Morgan fingerprint density at radius 3 is 2.58 bits per heavy atom. The van der Waals surface area contributed by atoms with Gasteiger partial charge >= 0.3 is 0 Å². The van der Waals surface area contributed by atoms with Crippen molar-refractivity contribution in [2.45, 2.75) is 39.2 Å². The second kappa shape index (κ2) is 7.34. The number of carbonyl (C=O) groups is 2. The molecule has 0 spiro atoms. The lowest BCUT2D eigenvalue weighted by Crippen LogP contribution is -2.55. The lowest BCUT2D eigenvalue weighted by molar-refractivity contribution is -0.141. The van der Waals surface area contributed by atoms with Crippen molar-refractivity contribution in [2.75, 3.05) is 32.8 Å². The predicted molar refractivity (Wildman–Crippen MR) is 92.0 cm³/mol. The minimum atomic E-state index is -0.329. The molecule has 3 rings (SSSR count). The van der Waals surface area contributed by atoms with Crippen LogP contribution in [0.1, 0.15) is 40.7 Å². The fourth-order valence-corrected chi connectivity index (χ4v) is 3.55. The summed E-state index contributed by atoms with van der Waals surface area (Å²) in [5, 5.41) is 0. The molecule has 2 aliphatic heterocycles. The number of amides is 2. The Bertz CT molecular complexity index is 623. The number of ether oxygens (including phenoxy) is 1. The number of piperidine rings is 1. The van der Waals surface area contributed by atoms with Gasteiger partial charge in [-0.25, -0.2) is 0 Å². The van der Waals surface area contributed by atoms with E-state index in [-0.39, 0.29) is 17.9 Å². The van der Waals surface area contributed by atoms with Gasteiger partial charge < -0.3 is 14.5 Å². The number of carbonyl (C=O) groups excluding carboxylic acids is 2. The zero-order valence-electron chi connectivity index (χ0n) is 14.6. The van der Waals surface area contributed by atoms with E-state index in [4.69, 9.17) is 4.74 Å². The molecule has 5 heteroatoms. The normalized spacial score (nSPS) is 21.7. The van der Waals surface area contributed by atoms with Crippen LogP contribution in [0.4, 0.5) is 0 Å². The number of morpholine rings is 1. The monoisotopic (exact) mass is 330 g/mol. The Balaban J connectivity index is 1.82. The molecule has 0 aliphatic carbocycles. The van der Waals surface area contributed by atoms with Crippen LogP contribution >= 0.6 is 0 Å². The maximum atomic E-state index is 13.1. The summed E-state index contributed by atoms with van der Waals surface area (Å²) in [7, 11) is 0. The van der Waals surface area contributed by atoms with Crippen molar-refractivity contribution in [3.63, 3.8) is 0 Å². The SMILES string of the molecule is Cc1ccc(C)c(C(=O)N2CCCCC2C(=O)N2CCOCC2)c1. The summed E-state index contributed by atoms with van der Waals surface area (Å²) in [6.45, 7) is 7.03. The van der Waals surface area contributed by atoms with E-state index < -0.39 is 0 Å². The summed E-state index contributed by atoms with van der Waals surface area (Å²) in [4.78, 5) is 29.7. The highest BCUT2D eigenvalue weighted by molar-refractivity contribution is 5.99. The Kier molecular flexibility index (Phi) is 5.19. The molecule has 5 nitrogen and oxygen atoms in total. The van der Waals surface area contributed by atoms with E-state index in [1.165, 1.54) is 0 Å². The molecule has 1 aromatic carbocycles. The number of rotatable bonds is 2. The van der Waals surface area contributed by atoms with E-state index in [2.05, 4.69) is 0 Å². The average molecular weight is 330 g/mol. The molecule has 24 heavy (non-hydrogen) atoms. The quantitative estimate of drug-likeness (QED) is 0.835. The van der Waals surface area contributed by atoms with E-state index in [0.29, 0.717) is 32.8 Å². The molecule has 0 saturated carbocycles. The third-order valence-corrected chi connectivity index (χ3v) is 4.99. The van der Waals surface area contributed by atoms with E-state index >= 15 is 0 Å². The van der Waals surface area contributed by atoms with Gasteiger partial charge in [-0.05, 0) is 44.7 Å². The van der Waals surface area contributed by atoms with Gasteiger partial charge in [-0.2, -0.15) is 0 Å². The molecule has 1 aromatic rings. The van der Waals surface area contributed by atoms with Crippen molar-refractivity contribution in [1.29, 1.82) is 0 Å². The van der Waals surface area contributed by atoms with Crippen LogP contribution in [-0.2, 0) is 9.53 Å². The zero-order chi connectivity index (χ0) is 17.1.